The van der Waals surface area contributed by atoms with Gasteiger partial charge in [-0.15, -0.1) is 0 Å². The first kappa shape index (κ1) is 11.2. The third-order valence-corrected chi connectivity index (χ3v) is 2.93. The van der Waals surface area contributed by atoms with E-state index in [4.69, 9.17) is 9.39 Å². The van der Waals surface area contributed by atoms with E-state index in [1.807, 2.05) is 55.5 Å². The average molecular weight is 239 g/mol. The highest BCUT2D eigenvalue weighted by Gasteiger charge is 2.27. The summed E-state index contributed by atoms with van der Waals surface area (Å²) in [6.07, 6.45) is 0. The molecule has 0 radical (unpaired) electrons. The van der Waals surface area contributed by atoms with Crippen LogP contribution in [0.25, 0.3) is 0 Å². The Morgan fingerprint density at radius 1 is 1.06 bits per heavy atom. The molecule has 0 amide bonds. The zero-order valence-corrected chi connectivity index (χ0v) is 10.2. The van der Waals surface area contributed by atoms with Crippen LogP contribution in [0, 0.1) is 0 Å². The maximum atomic E-state index is 5.94. The Hall–Kier alpha value is -1.94. The summed E-state index contributed by atoms with van der Waals surface area (Å²) >= 11 is 0. The van der Waals surface area contributed by atoms with Gasteiger partial charge in [0.2, 0.25) is 0 Å². The minimum atomic E-state index is -0.171. The molecule has 18 heavy (non-hydrogen) atoms. The Morgan fingerprint density at radius 3 is 2.61 bits per heavy atom. The molecular weight excluding hydrogens is 225 g/mol. The second-order valence-electron chi connectivity index (χ2n) is 4.12. The van der Waals surface area contributed by atoms with Crippen LogP contribution in [0.2, 0.25) is 0 Å². The van der Waals surface area contributed by atoms with Crippen molar-refractivity contribution in [2.45, 2.75) is 6.92 Å². The lowest BCUT2D eigenvalue weighted by Gasteiger charge is -2.13. The van der Waals surface area contributed by atoms with Gasteiger partial charge >= 0.3 is 7.05 Å². The van der Waals surface area contributed by atoms with Crippen molar-refractivity contribution in [2.24, 2.45) is 0 Å². The van der Waals surface area contributed by atoms with Crippen molar-refractivity contribution in [3.63, 3.8) is 0 Å². The number of hydrogen-bond acceptors (Lipinski definition) is 3. The summed E-state index contributed by atoms with van der Waals surface area (Å²) in [4.78, 5) is 0. The molecule has 3 rings (SSSR count). The number of para-hydroxylation sites is 3. The highest BCUT2D eigenvalue weighted by Crippen LogP contribution is 2.31. The third kappa shape index (κ3) is 1.95. The van der Waals surface area contributed by atoms with Crippen LogP contribution in [0.15, 0.2) is 48.5 Å². The van der Waals surface area contributed by atoms with E-state index in [9.17, 15) is 0 Å². The highest BCUT2D eigenvalue weighted by atomic mass is 16.5. The summed E-state index contributed by atoms with van der Waals surface area (Å²) in [6.45, 7) is 2.64. The van der Waals surface area contributed by atoms with Crippen LogP contribution in [0.3, 0.4) is 0 Å². The van der Waals surface area contributed by atoms with Gasteiger partial charge < -0.3 is 14.6 Å². The standard InChI is InChI=1S/C14H14BNO2/c1-2-17-15-11-7-3-5-9-13(11)18-14-10-6-4-8-12(14)16-15/h3-10,16H,2H2,1H3. The van der Waals surface area contributed by atoms with E-state index in [-0.39, 0.29) is 7.05 Å². The second-order valence-corrected chi connectivity index (χ2v) is 4.12. The number of ether oxygens (including phenoxy) is 1. The molecule has 0 bridgehead atoms. The van der Waals surface area contributed by atoms with E-state index in [0.29, 0.717) is 6.61 Å². The molecule has 0 aromatic heterocycles. The molecule has 0 saturated carbocycles. The summed E-state index contributed by atoms with van der Waals surface area (Å²) in [7, 11) is -0.171. The fourth-order valence-electron chi connectivity index (χ4n) is 2.10. The molecule has 0 fully saturated rings. The van der Waals surface area contributed by atoms with Crippen molar-refractivity contribution in [3.8, 4) is 11.5 Å². The quantitative estimate of drug-likeness (QED) is 0.817. The van der Waals surface area contributed by atoms with E-state index < -0.39 is 0 Å². The van der Waals surface area contributed by atoms with Crippen LogP contribution in [-0.4, -0.2) is 13.7 Å². The molecule has 2 aromatic rings. The van der Waals surface area contributed by atoms with Crippen LogP contribution in [0.4, 0.5) is 5.69 Å². The molecule has 0 spiro atoms. The summed E-state index contributed by atoms with van der Waals surface area (Å²) in [5.74, 6) is 1.67. The zero-order valence-electron chi connectivity index (χ0n) is 10.2. The molecule has 2 aromatic carbocycles. The van der Waals surface area contributed by atoms with Gasteiger partial charge in [-0.3, -0.25) is 0 Å². The van der Waals surface area contributed by atoms with Crippen molar-refractivity contribution in [3.05, 3.63) is 48.5 Å². The summed E-state index contributed by atoms with van der Waals surface area (Å²) < 4.78 is 11.7. The first-order valence-electron chi connectivity index (χ1n) is 6.12. The second kappa shape index (κ2) is 4.74. The molecule has 1 heterocycles. The molecule has 1 N–H and O–H groups in total. The molecule has 0 unspecified atom stereocenters. The topological polar surface area (TPSA) is 30.5 Å². The van der Waals surface area contributed by atoms with Crippen LogP contribution in [0.5, 0.6) is 11.5 Å². The predicted octanol–water partition coefficient (Wildman–Crippen LogP) is 2.64. The Labute approximate surface area is 107 Å². The van der Waals surface area contributed by atoms with Crippen LogP contribution in [-0.2, 0) is 4.65 Å². The number of nitrogens with one attached hydrogen (secondary N) is 1. The first-order valence-corrected chi connectivity index (χ1v) is 6.12. The minimum Gasteiger partial charge on any atom is -0.456 e. The van der Waals surface area contributed by atoms with Crippen molar-refractivity contribution >= 4 is 18.2 Å². The summed E-state index contributed by atoms with van der Waals surface area (Å²) in [6, 6.07) is 15.8. The van der Waals surface area contributed by atoms with Gasteiger partial charge in [0.1, 0.15) is 11.5 Å². The van der Waals surface area contributed by atoms with Gasteiger partial charge in [-0.25, -0.2) is 0 Å². The summed E-state index contributed by atoms with van der Waals surface area (Å²) in [5, 5.41) is 3.37. The normalized spacial score (nSPS) is 12.8. The third-order valence-electron chi connectivity index (χ3n) is 2.93. The van der Waals surface area contributed by atoms with E-state index in [2.05, 4.69) is 5.23 Å². The van der Waals surface area contributed by atoms with Gasteiger partial charge in [-0.2, -0.15) is 0 Å². The van der Waals surface area contributed by atoms with Crippen LogP contribution >= 0.6 is 0 Å². The molecule has 1 aliphatic heterocycles. The maximum Gasteiger partial charge on any atom is 0.453 e. The van der Waals surface area contributed by atoms with E-state index in [1.165, 1.54) is 0 Å². The fourth-order valence-corrected chi connectivity index (χ4v) is 2.10. The SMILES string of the molecule is CCOB1Nc2ccccc2Oc2ccccc21. The van der Waals surface area contributed by atoms with Gasteiger partial charge in [0.15, 0.2) is 0 Å². The minimum absolute atomic E-state index is 0.171. The molecule has 0 saturated heterocycles. The maximum absolute atomic E-state index is 5.94. The number of rotatable bonds is 2. The lowest BCUT2D eigenvalue weighted by atomic mass is 9.73. The van der Waals surface area contributed by atoms with Gasteiger partial charge in [0.05, 0.1) is 5.69 Å². The van der Waals surface area contributed by atoms with Gasteiger partial charge in [0, 0.05) is 12.1 Å². The van der Waals surface area contributed by atoms with Crippen molar-refractivity contribution in [2.75, 3.05) is 11.8 Å². The molecule has 0 aliphatic carbocycles. The molecular formula is C14H14BNO2. The predicted molar refractivity (Wildman–Crippen MR) is 73.6 cm³/mol. The Balaban J connectivity index is 2.08. The Kier molecular flexibility index (Phi) is 2.94. The average Bonchev–Trinajstić information content (AvgIpc) is 2.56. The number of anilines is 1. The van der Waals surface area contributed by atoms with Crippen molar-refractivity contribution < 1.29 is 9.39 Å². The monoisotopic (exact) mass is 239 g/mol. The molecule has 3 nitrogen and oxygen atoms in total. The fraction of sp³-hybridized carbons (Fsp3) is 0.143. The number of benzene rings is 2. The largest absolute Gasteiger partial charge is 0.456 e. The van der Waals surface area contributed by atoms with Gasteiger partial charge in [-0.05, 0) is 25.1 Å². The number of hydrogen-bond donors (Lipinski definition) is 1. The van der Waals surface area contributed by atoms with Crippen molar-refractivity contribution in [1.29, 1.82) is 0 Å². The van der Waals surface area contributed by atoms with Crippen molar-refractivity contribution in [1.82, 2.24) is 0 Å². The van der Waals surface area contributed by atoms with E-state index in [0.717, 1.165) is 22.6 Å². The molecule has 90 valence electrons. The Bertz CT molecular complexity index is 559. The molecule has 0 atom stereocenters. The molecule has 4 heteroatoms. The lowest BCUT2D eigenvalue weighted by molar-refractivity contribution is 0.354. The lowest BCUT2D eigenvalue weighted by Crippen LogP contribution is -2.41. The zero-order chi connectivity index (χ0) is 12.4. The Morgan fingerprint density at radius 2 is 1.78 bits per heavy atom. The number of fused-ring (bicyclic) bond motifs is 2. The van der Waals surface area contributed by atoms with Gasteiger partial charge in [-0.1, -0.05) is 30.3 Å². The summed E-state index contributed by atoms with van der Waals surface area (Å²) in [5.41, 5.74) is 1.97. The smallest absolute Gasteiger partial charge is 0.453 e. The highest BCUT2D eigenvalue weighted by molar-refractivity contribution is 6.71. The van der Waals surface area contributed by atoms with E-state index in [1.54, 1.807) is 0 Å². The van der Waals surface area contributed by atoms with Crippen LogP contribution in [0.1, 0.15) is 6.92 Å². The molecule has 1 aliphatic rings. The van der Waals surface area contributed by atoms with Crippen LogP contribution < -0.4 is 15.4 Å². The van der Waals surface area contributed by atoms with Gasteiger partial charge in [0.25, 0.3) is 0 Å². The van der Waals surface area contributed by atoms with E-state index >= 15 is 0 Å². The first-order chi connectivity index (χ1) is 8.88.